The molecule has 1 saturated carbocycles. The first-order chi connectivity index (χ1) is 17.9. The molecule has 0 aromatic heterocycles. The van der Waals surface area contributed by atoms with Gasteiger partial charge in [0.15, 0.2) is 0 Å². The second-order valence-electron chi connectivity index (χ2n) is 9.27. The van der Waals surface area contributed by atoms with Crippen LogP contribution in [-0.2, 0) is 26.2 Å². The van der Waals surface area contributed by atoms with Gasteiger partial charge in [0, 0.05) is 12.6 Å². The first-order valence-corrected chi connectivity index (χ1v) is 15.3. The summed E-state index contributed by atoms with van der Waals surface area (Å²) in [6.07, 6.45) is 5.21. The number of nitrogens with one attached hydrogen (secondary N) is 1. The molecule has 2 aromatic carbocycles. The predicted molar refractivity (Wildman–Crippen MR) is 152 cm³/mol. The third kappa shape index (κ3) is 7.68. The fourth-order valence-electron chi connectivity index (χ4n) is 4.55. The van der Waals surface area contributed by atoms with Gasteiger partial charge in [-0.15, -0.1) is 0 Å². The number of amides is 2. The summed E-state index contributed by atoms with van der Waals surface area (Å²) in [4.78, 5) is 28.5. The summed E-state index contributed by atoms with van der Waals surface area (Å²) in [5.74, 6) is -0.459. The van der Waals surface area contributed by atoms with E-state index in [1.165, 1.54) is 30.2 Å². The monoisotopic (exact) mass is 603 g/mol. The molecular weight excluding hydrogens is 573 g/mol. The number of sulfonamides is 1. The van der Waals surface area contributed by atoms with E-state index in [2.05, 4.69) is 5.32 Å². The van der Waals surface area contributed by atoms with Crippen LogP contribution in [0.15, 0.2) is 36.4 Å². The van der Waals surface area contributed by atoms with Crippen LogP contribution < -0.4 is 14.4 Å². The molecule has 1 aliphatic carbocycles. The van der Waals surface area contributed by atoms with Crippen LogP contribution in [-0.4, -0.2) is 57.1 Å². The van der Waals surface area contributed by atoms with E-state index in [1.54, 1.807) is 18.2 Å². The van der Waals surface area contributed by atoms with Crippen molar-refractivity contribution in [2.45, 2.75) is 57.7 Å². The summed E-state index contributed by atoms with van der Waals surface area (Å²) in [7, 11) is -2.45. The van der Waals surface area contributed by atoms with Crippen LogP contribution in [0.5, 0.6) is 5.75 Å². The zero-order valence-electron chi connectivity index (χ0n) is 21.5. The topological polar surface area (TPSA) is 96.0 Å². The smallest absolute Gasteiger partial charge is 0.244 e. The zero-order chi connectivity index (χ0) is 28.0. The summed E-state index contributed by atoms with van der Waals surface area (Å²) >= 11 is 18.5. The molecule has 1 aliphatic rings. The molecule has 1 atom stereocenters. The number of methoxy groups -OCH3 is 1. The van der Waals surface area contributed by atoms with Crippen molar-refractivity contribution >= 4 is 62.3 Å². The fraction of sp³-hybridized carbons (Fsp3) is 0.462. The van der Waals surface area contributed by atoms with Crippen molar-refractivity contribution in [3.05, 3.63) is 57.0 Å². The Hall–Kier alpha value is -2.20. The van der Waals surface area contributed by atoms with Gasteiger partial charge in [-0.3, -0.25) is 13.9 Å². The van der Waals surface area contributed by atoms with E-state index in [4.69, 9.17) is 39.5 Å². The number of benzene rings is 2. The molecule has 0 bridgehead atoms. The summed E-state index contributed by atoms with van der Waals surface area (Å²) in [5.41, 5.74) is 0.850. The molecule has 0 saturated heterocycles. The molecule has 0 spiro atoms. The van der Waals surface area contributed by atoms with Gasteiger partial charge in [-0.25, -0.2) is 8.42 Å². The Morgan fingerprint density at radius 3 is 2.29 bits per heavy atom. The first-order valence-electron chi connectivity index (χ1n) is 12.3. The predicted octanol–water partition coefficient (Wildman–Crippen LogP) is 5.29. The lowest BCUT2D eigenvalue weighted by Crippen LogP contribution is -2.53. The Morgan fingerprint density at radius 1 is 1.05 bits per heavy atom. The third-order valence-electron chi connectivity index (χ3n) is 6.53. The number of ether oxygens (including phenoxy) is 1. The fourth-order valence-corrected chi connectivity index (χ4v) is 5.96. The molecule has 2 aromatic rings. The lowest BCUT2D eigenvalue weighted by molar-refractivity contribution is -0.140. The van der Waals surface area contributed by atoms with E-state index in [9.17, 15) is 18.0 Å². The van der Waals surface area contributed by atoms with Crippen molar-refractivity contribution in [1.82, 2.24) is 10.2 Å². The van der Waals surface area contributed by atoms with Gasteiger partial charge in [-0.05, 0) is 55.2 Å². The Bertz CT molecular complexity index is 1270. The van der Waals surface area contributed by atoms with E-state index >= 15 is 0 Å². The average molecular weight is 605 g/mol. The summed E-state index contributed by atoms with van der Waals surface area (Å²) in [6, 6.07) is 8.65. The Morgan fingerprint density at radius 2 is 1.74 bits per heavy atom. The third-order valence-corrected chi connectivity index (χ3v) is 8.70. The SMILES string of the molecule is CCC(C(=O)NC1CCCC1)N(Cc1ccc(Cl)c(Cl)c1)C(=O)CN(c1ccc(OC)c(Cl)c1)S(C)(=O)=O. The van der Waals surface area contributed by atoms with Crippen LogP contribution in [0.25, 0.3) is 0 Å². The molecular formula is C26H32Cl3N3O5S. The Labute approximate surface area is 239 Å². The minimum atomic E-state index is -3.89. The lowest BCUT2D eigenvalue weighted by atomic mass is 10.1. The second kappa shape index (κ2) is 13.2. The highest BCUT2D eigenvalue weighted by Crippen LogP contribution is 2.31. The molecule has 1 fully saturated rings. The van der Waals surface area contributed by atoms with Gasteiger partial charge in [-0.1, -0.05) is 60.6 Å². The summed E-state index contributed by atoms with van der Waals surface area (Å²) in [6.45, 7) is 1.31. The van der Waals surface area contributed by atoms with Crippen molar-refractivity contribution in [2.75, 3.05) is 24.2 Å². The Kier molecular flexibility index (Phi) is 10.6. The number of hydrogen-bond donors (Lipinski definition) is 1. The largest absolute Gasteiger partial charge is 0.495 e. The van der Waals surface area contributed by atoms with Gasteiger partial charge >= 0.3 is 0 Å². The van der Waals surface area contributed by atoms with Crippen LogP contribution in [0.4, 0.5) is 5.69 Å². The van der Waals surface area contributed by atoms with Gasteiger partial charge in [0.25, 0.3) is 0 Å². The highest BCUT2D eigenvalue weighted by molar-refractivity contribution is 7.92. The highest BCUT2D eigenvalue weighted by Gasteiger charge is 2.33. The van der Waals surface area contributed by atoms with Crippen molar-refractivity contribution < 1.29 is 22.7 Å². The van der Waals surface area contributed by atoms with Crippen LogP contribution >= 0.6 is 34.8 Å². The number of anilines is 1. The molecule has 12 heteroatoms. The van der Waals surface area contributed by atoms with E-state index in [-0.39, 0.29) is 29.2 Å². The van der Waals surface area contributed by atoms with Crippen molar-refractivity contribution in [1.29, 1.82) is 0 Å². The first kappa shape index (κ1) is 30.3. The molecule has 2 amide bonds. The van der Waals surface area contributed by atoms with Crippen LogP contribution in [0, 0.1) is 0 Å². The normalized spacial score (nSPS) is 14.7. The molecule has 38 heavy (non-hydrogen) atoms. The zero-order valence-corrected chi connectivity index (χ0v) is 24.6. The van der Waals surface area contributed by atoms with E-state index in [0.717, 1.165) is 36.2 Å². The molecule has 208 valence electrons. The highest BCUT2D eigenvalue weighted by atomic mass is 35.5. The lowest BCUT2D eigenvalue weighted by Gasteiger charge is -2.33. The quantitative estimate of drug-likeness (QED) is 0.376. The van der Waals surface area contributed by atoms with Gasteiger partial charge in [0.1, 0.15) is 18.3 Å². The molecule has 0 radical (unpaired) electrons. The number of hydrogen-bond acceptors (Lipinski definition) is 5. The van der Waals surface area contributed by atoms with Gasteiger partial charge in [0.05, 0.1) is 34.1 Å². The Balaban J connectivity index is 1.95. The molecule has 1 N–H and O–H groups in total. The van der Waals surface area contributed by atoms with E-state index < -0.39 is 28.5 Å². The van der Waals surface area contributed by atoms with Crippen LogP contribution in [0.1, 0.15) is 44.6 Å². The minimum Gasteiger partial charge on any atom is -0.495 e. The van der Waals surface area contributed by atoms with Crippen molar-refractivity contribution in [3.8, 4) is 5.75 Å². The maximum Gasteiger partial charge on any atom is 0.244 e. The number of nitrogens with zero attached hydrogens (tertiary/aromatic N) is 2. The second-order valence-corrected chi connectivity index (χ2v) is 12.4. The van der Waals surface area contributed by atoms with Crippen molar-refractivity contribution in [2.24, 2.45) is 0 Å². The minimum absolute atomic E-state index is 0.0350. The van der Waals surface area contributed by atoms with Gasteiger partial charge in [-0.2, -0.15) is 0 Å². The van der Waals surface area contributed by atoms with Crippen LogP contribution in [0.2, 0.25) is 15.1 Å². The number of rotatable bonds is 11. The van der Waals surface area contributed by atoms with Crippen molar-refractivity contribution in [3.63, 3.8) is 0 Å². The van der Waals surface area contributed by atoms with E-state index in [0.29, 0.717) is 27.8 Å². The molecule has 1 unspecified atom stereocenters. The molecule has 8 nitrogen and oxygen atoms in total. The summed E-state index contributed by atoms with van der Waals surface area (Å²) < 4.78 is 31.7. The maximum atomic E-state index is 13.8. The maximum absolute atomic E-state index is 13.8. The molecule has 3 rings (SSSR count). The summed E-state index contributed by atoms with van der Waals surface area (Å²) in [5, 5.41) is 3.93. The standard InChI is InChI=1S/C26H32Cl3N3O5S/c1-4-23(26(34)30-18-7-5-6-8-18)31(15-17-9-11-20(27)21(28)13-17)25(33)16-32(38(3,35)36)19-10-12-24(37-2)22(29)14-19/h9-14,18,23H,4-8,15-16H2,1-3H3,(H,30,34). The number of carbonyl (C=O) groups is 2. The number of carbonyl (C=O) groups excluding carboxylic acids is 2. The van der Waals surface area contributed by atoms with Crippen LogP contribution in [0.3, 0.4) is 0 Å². The molecule has 0 aliphatic heterocycles. The molecule has 0 heterocycles. The average Bonchev–Trinajstić information content (AvgIpc) is 3.36. The van der Waals surface area contributed by atoms with Gasteiger partial charge in [0.2, 0.25) is 21.8 Å². The van der Waals surface area contributed by atoms with Gasteiger partial charge < -0.3 is 15.0 Å². The number of halogens is 3. The van der Waals surface area contributed by atoms with E-state index in [1.807, 2.05) is 6.92 Å².